The Hall–Kier alpha value is -2.30. The smallest absolute Gasteiger partial charge is 0.309 e. The van der Waals surface area contributed by atoms with Crippen LogP contribution in [0.1, 0.15) is 5.69 Å². The number of phenols is 1. The van der Waals surface area contributed by atoms with Gasteiger partial charge in [-0.25, -0.2) is 4.98 Å². The van der Waals surface area contributed by atoms with Crippen molar-refractivity contribution in [1.82, 2.24) is 9.55 Å². The number of aliphatic carboxylic acids is 1. The average molecular weight is 218 g/mol. The van der Waals surface area contributed by atoms with Gasteiger partial charge in [-0.15, -0.1) is 0 Å². The van der Waals surface area contributed by atoms with Crippen molar-refractivity contribution in [1.29, 1.82) is 0 Å². The summed E-state index contributed by atoms with van der Waals surface area (Å²) in [7, 11) is 0. The maximum atomic E-state index is 10.5. The van der Waals surface area contributed by atoms with Crippen molar-refractivity contribution in [3.8, 4) is 11.4 Å². The van der Waals surface area contributed by atoms with Crippen LogP contribution in [0.15, 0.2) is 36.8 Å². The summed E-state index contributed by atoms with van der Waals surface area (Å²) in [5.41, 5.74) is 1.03. The van der Waals surface area contributed by atoms with Crippen molar-refractivity contribution in [3.05, 3.63) is 42.5 Å². The number of hydrogen-bond acceptors (Lipinski definition) is 3. The monoisotopic (exact) mass is 218 g/mol. The number of aromatic hydroxyl groups is 1. The molecule has 0 radical (unpaired) electrons. The number of hydrogen-bond donors (Lipinski definition) is 2. The summed E-state index contributed by atoms with van der Waals surface area (Å²) in [4.78, 5) is 14.4. The minimum atomic E-state index is -0.928. The SMILES string of the molecule is O=C(O)Cc1cn(-c2ccccc2O)cn1. The predicted octanol–water partition coefficient (Wildman–Crippen LogP) is 1.20. The molecule has 0 unspecified atom stereocenters. The summed E-state index contributed by atoms with van der Waals surface area (Å²) in [6.07, 6.45) is 2.94. The molecular formula is C11H10N2O3. The maximum Gasteiger partial charge on any atom is 0.309 e. The zero-order valence-electron chi connectivity index (χ0n) is 8.37. The van der Waals surface area contributed by atoms with Gasteiger partial charge in [-0.2, -0.15) is 0 Å². The van der Waals surface area contributed by atoms with Gasteiger partial charge in [-0.3, -0.25) is 4.79 Å². The molecule has 5 nitrogen and oxygen atoms in total. The third kappa shape index (κ3) is 2.03. The lowest BCUT2D eigenvalue weighted by molar-refractivity contribution is -0.136. The molecule has 0 saturated heterocycles. The van der Waals surface area contributed by atoms with E-state index in [0.717, 1.165) is 0 Å². The molecule has 0 bridgehead atoms. The molecule has 2 N–H and O–H groups in total. The maximum absolute atomic E-state index is 10.5. The molecule has 5 heteroatoms. The van der Waals surface area contributed by atoms with Crippen LogP contribution in [-0.4, -0.2) is 25.7 Å². The number of nitrogens with zero attached hydrogens (tertiary/aromatic N) is 2. The van der Waals surface area contributed by atoms with Crippen molar-refractivity contribution in [2.45, 2.75) is 6.42 Å². The van der Waals surface area contributed by atoms with Gasteiger partial charge in [-0.1, -0.05) is 12.1 Å². The van der Waals surface area contributed by atoms with E-state index in [1.807, 2.05) is 0 Å². The number of carbonyl (C=O) groups is 1. The Balaban J connectivity index is 2.32. The Morgan fingerprint density at radius 1 is 1.38 bits per heavy atom. The first-order chi connectivity index (χ1) is 7.66. The van der Waals surface area contributed by atoms with Crippen LogP contribution in [0.2, 0.25) is 0 Å². The molecule has 0 saturated carbocycles. The third-order valence-electron chi connectivity index (χ3n) is 2.13. The molecule has 0 fully saturated rings. The normalized spacial score (nSPS) is 10.2. The molecule has 1 aromatic carbocycles. The van der Waals surface area contributed by atoms with Crippen LogP contribution in [0.3, 0.4) is 0 Å². The van der Waals surface area contributed by atoms with Gasteiger partial charge in [-0.05, 0) is 12.1 Å². The number of para-hydroxylation sites is 2. The fourth-order valence-electron chi connectivity index (χ4n) is 1.42. The van der Waals surface area contributed by atoms with Crippen LogP contribution in [0.5, 0.6) is 5.75 Å². The molecule has 0 aliphatic heterocycles. The van der Waals surface area contributed by atoms with Gasteiger partial charge in [0.05, 0.1) is 24.1 Å². The number of phenolic OH excluding ortho intramolecular Hbond substituents is 1. The minimum absolute atomic E-state index is 0.124. The van der Waals surface area contributed by atoms with Crippen LogP contribution >= 0.6 is 0 Å². The van der Waals surface area contributed by atoms with Crippen LogP contribution in [-0.2, 0) is 11.2 Å². The van der Waals surface area contributed by atoms with Crippen LogP contribution in [0.25, 0.3) is 5.69 Å². The molecule has 1 heterocycles. The third-order valence-corrected chi connectivity index (χ3v) is 2.13. The first-order valence-corrected chi connectivity index (χ1v) is 4.70. The van der Waals surface area contributed by atoms with E-state index in [1.54, 1.807) is 35.0 Å². The van der Waals surface area contributed by atoms with Gasteiger partial charge in [0.15, 0.2) is 0 Å². The van der Waals surface area contributed by atoms with Crippen molar-refractivity contribution in [2.75, 3.05) is 0 Å². The highest BCUT2D eigenvalue weighted by atomic mass is 16.4. The standard InChI is InChI=1S/C11H10N2O3/c14-10-4-2-1-3-9(10)13-6-8(12-7-13)5-11(15)16/h1-4,6-7,14H,5H2,(H,15,16). The first kappa shape index (κ1) is 10.2. The minimum Gasteiger partial charge on any atom is -0.506 e. The van der Waals surface area contributed by atoms with E-state index in [2.05, 4.69) is 4.98 Å². The van der Waals surface area contributed by atoms with Gasteiger partial charge < -0.3 is 14.8 Å². The van der Waals surface area contributed by atoms with E-state index in [-0.39, 0.29) is 12.2 Å². The van der Waals surface area contributed by atoms with E-state index in [1.165, 1.54) is 6.33 Å². The molecule has 2 rings (SSSR count). The molecule has 0 aliphatic rings. The fourth-order valence-corrected chi connectivity index (χ4v) is 1.42. The Morgan fingerprint density at radius 2 is 2.12 bits per heavy atom. The molecule has 0 amide bonds. The molecule has 2 aromatic rings. The Morgan fingerprint density at radius 3 is 2.81 bits per heavy atom. The van der Waals surface area contributed by atoms with Gasteiger partial charge in [0.25, 0.3) is 0 Å². The van der Waals surface area contributed by atoms with E-state index in [0.29, 0.717) is 11.4 Å². The van der Waals surface area contributed by atoms with E-state index in [9.17, 15) is 9.90 Å². The number of carboxylic acids is 1. The summed E-state index contributed by atoms with van der Waals surface area (Å²) in [5, 5.41) is 18.2. The molecule has 16 heavy (non-hydrogen) atoms. The second-order valence-electron chi connectivity index (χ2n) is 3.33. The molecular weight excluding hydrogens is 208 g/mol. The van der Waals surface area contributed by atoms with E-state index >= 15 is 0 Å². The average Bonchev–Trinajstić information content (AvgIpc) is 2.66. The first-order valence-electron chi connectivity index (χ1n) is 4.70. The number of aromatic nitrogens is 2. The van der Waals surface area contributed by atoms with Gasteiger partial charge in [0.2, 0.25) is 0 Å². The highest BCUT2D eigenvalue weighted by molar-refractivity contribution is 5.69. The topological polar surface area (TPSA) is 75.3 Å². The van der Waals surface area contributed by atoms with E-state index in [4.69, 9.17) is 5.11 Å². The number of rotatable bonds is 3. The quantitative estimate of drug-likeness (QED) is 0.811. The summed E-state index contributed by atoms with van der Waals surface area (Å²) in [6, 6.07) is 6.79. The van der Waals surface area contributed by atoms with Crippen LogP contribution < -0.4 is 0 Å². The summed E-state index contributed by atoms with van der Waals surface area (Å²) in [6.45, 7) is 0. The summed E-state index contributed by atoms with van der Waals surface area (Å²) >= 11 is 0. The van der Waals surface area contributed by atoms with Crippen LogP contribution in [0.4, 0.5) is 0 Å². The van der Waals surface area contributed by atoms with Crippen molar-refractivity contribution in [3.63, 3.8) is 0 Å². The lowest BCUT2D eigenvalue weighted by atomic mass is 10.3. The summed E-state index contributed by atoms with van der Waals surface area (Å²) in [5.74, 6) is -0.802. The lowest BCUT2D eigenvalue weighted by Gasteiger charge is -2.03. The Bertz CT molecular complexity index is 519. The van der Waals surface area contributed by atoms with Gasteiger partial charge >= 0.3 is 5.97 Å². The van der Waals surface area contributed by atoms with Gasteiger partial charge in [0.1, 0.15) is 5.75 Å². The lowest BCUT2D eigenvalue weighted by Crippen LogP contribution is -1.99. The molecule has 0 spiro atoms. The zero-order chi connectivity index (χ0) is 11.5. The Labute approximate surface area is 91.6 Å². The second-order valence-corrected chi connectivity index (χ2v) is 3.33. The van der Waals surface area contributed by atoms with Crippen molar-refractivity contribution < 1.29 is 15.0 Å². The fraction of sp³-hybridized carbons (Fsp3) is 0.0909. The number of carboxylic acid groups (broad SMARTS) is 1. The number of imidazole rings is 1. The molecule has 82 valence electrons. The molecule has 0 atom stereocenters. The second kappa shape index (κ2) is 4.06. The van der Waals surface area contributed by atoms with Crippen LogP contribution in [0, 0.1) is 0 Å². The summed E-state index contributed by atoms with van der Waals surface area (Å²) < 4.78 is 1.59. The van der Waals surface area contributed by atoms with Gasteiger partial charge in [0, 0.05) is 6.20 Å². The van der Waals surface area contributed by atoms with Crippen molar-refractivity contribution in [2.24, 2.45) is 0 Å². The zero-order valence-corrected chi connectivity index (χ0v) is 8.37. The van der Waals surface area contributed by atoms with Crippen molar-refractivity contribution >= 4 is 5.97 Å². The largest absolute Gasteiger partial charge is 0.506 e. The Kier molecular flexibility index (Phi) is 2.59. The van der Waals surface area contributed by atoms with E-state index < -0.39 is 5.97 Å². The highest BCUT2D eigenvalue weighted by Gasteiger charge is 2.07. The molecule has 0 aliphatic carbocycles. The molecule has 1 aromatic heterocycles. The highest BCUT2D eigenvalue weighted by Crippen LogP contribution is 2.20. The predicted molar refractivity (Wildman–Crippen MR) is 56.6 cm³/mol. The number of benzene rings is 1.